The molecule has 0 aromatic heterocycles. The van der Waals surface area contributed by atoms with E-state index in [1.165, 1.54) is 6.42 Å². The zero-order valence-corrected chi connectivity index (χ0v) is 34.9. The first-order chi connectivity index (χ1) is 26.4. The van der Waals surface area contributed by atoms with Crippen LogP contribution in [-0.4, -0.2) is 151 Å². The van der Waals surface area contributed by atoms with Crippen molar-refractivity contribution >= 4 is 23.8 Å². The molecule has 3 fully saturated rings. The molecule has 2 heterocycles. The predicted octanol–water partition coefficient (Wildman–Crippen LogP) is 4.21. The molecule has 3 N–H and O–H groups in total. The Hall–Kier alpha value is -3.22. The average Bonchev–Trinajstić information content (AvgIpc) is 3.17. The van der Waals surface area contributed by atoms with E-state index in [-0.39, 0.29) is 42.6 Å². The van der Waals surface area contributed by atoms with E-state index >= 15 is 0 Å². The molecule has 0 spiro atoms. The highest BCUT2D eigenvalue weighted by Gasteiger charge is 2.44. The van der Waals surface area contributed by atoms with E-state index < -0.39 is 30.1 Å². The first kappa shape index (κ1) is 44.5. The second-order valence-electron chi connectivity index (χ2n) is 17.1. The Kier molecular flexibility index (Phi) is 18.2. The van der Waals surface area contributed by atoms with E-state index in [4.69, 9.17) is 0 Å². The van der Waals surface area contributed by atoms with Crippen LogP contribution in [0.5, 0.6) is 0 Å². The average molecular weight is 768 g/mol. The minimum atomic E-state index is -0.919. The molecular weight excluding hydrogens is 695 g/mol. The molecule has 2 aliphatic heterocycles. The number of hydrogen-bond donors (Lipinski definition) is 3. The second kappa shape index (κ2) is 22.5. The fraction of sp³-hybridized carbons (Fsp3) is 0.767. The van der Waals surface area contributed by atoms with Crippen molar-refractivity contribution in [3.8, 4) is 0 Å². The van der Waals surface area contributed by atoms with Crippen LogP contribution in [0, 0.1) is 17.8 Å². The van der Waals surface area contributed by atoms with Gasteiger partial charge in [-0.1, -0.05) is 96.0 Å². The number of aliphatic hydroxyl groups excluding tert-OH is 1. The Bertz CT molecular complexity index is 1330. The van der Waals surface area contributed by atoms with Gasteiger partial charge in [0.15, 0.2) is 0 Å². The van der Waals surface area contributed by atoms with Gasteiger partial charge in [-0.15, -0.1) is 0 Å². The van der Waals surface area contributed by atoms with Gasteiger partial charge in [-0.2, -0.15) is 0 Å². The molecule has 55 heavy (non-hydrogen) atoms. The molecule has 5 amide bonds. The first-order valence-electron chi connectivity index (χ1n) is 21.4. The summed E-state index contributed by atoms with van der Waals surface area (Å²) in [6, 6.07) is 7.68. The molecule has 1 saturated carbocycles. The summed E-state index contributed by atoms with van der Waals surface area (Å²) in [6.07, 6.45) is 8.89. The van der Waals surface area contributed by atoms with Gasteiger partial charge >= 0.3 is 6.03 Å². The number of carbonyl (C=O) groups is 4. The van der Waals surface area contributed by atoms with Crippen molar-refractivity contribution in [2.75, 3.05) is 73.5 Å². The number of nitrogens with one attached hydrogen (secondary N) is 2. The van der Waals surface area contributed by atoms with Crippen LogP contribution in [0.15, 0.2) is 30.3 Å². The lowest BCUT2D eigenvalue weighted by molar-refractivity contribution is -0.149. The third-order valence-corrected chi connectivity index (χ3v) is 12.1. The normalized spacial score (nSPS) is 21.1. The summed E-state index contributed by atoms with van der Waals surface area (Å²) in [5, 5.41) is 18.3. The van der Waals surface area contributed by atoms with Crippen molar-refractivity contribution in [2.24, 2.45) is 17.8 Å². The van der Waals surface area contributed by atoms with E-state index in [9.17, 15) is 24.3 Å². The van der Waals surface area contributed by atoms with Crippen LogP contribution >= 0.6 is 0 Å². The number of amides is 5. The lowest BCUT2D eigenvalue weighted by Gasteiger charge is -2.46. The zero-order chi connectivity index (χ0) is 39.9. The summed E-state index contributed by atoms with van der Waals surface area (Å²) < 4.78 is 0. The van der Waals surface area contributed by atoms with Gasteiger partial charge in [0, 0.05) is 58.2 Å². The Labute approximate surface area is 331 Å². The fourth-order valence-corrected chi connectivity index (χ4v) is 8.60. The second-order valence-corrected chi connectivity index (χ2v) is 17.1. The Morgan fingerprint density at radius 3 is 2.25 bits per heavy atom. The highest BCUT2D eigenvalue weighted by molar-refractivity contribution is 5.93. The maximum atomic E-state index is 14.7. The quantitative estimate of drug-likeness (QED) is 0.180. The molecule has 0 radical (unpaired) electrons. The van der Waals surface area contributed by atoms with Crippen LogP contribution in [0.25, 0.3) is 0 Å². The van der Waals surface area contributed by atoms with Gasteiger partial charge in [-0.25, -0.2) is 4.79 Å². The topological polar surface area (TPSA) is 129 Å². The van der Waals surface area contributed by atoms with Gasteiger partial charge in [0.05, 0.1) is 12.1 Å². The largest absolute Gasteiger partial charge is 0.391 e. The van der Waals surface area contributed by atoms with Crippen LogP contribution < -0.4 is 10.6 Å². The molecule has 1 aromatic rings. The number of hydrogen-bond acceptors (Lipinski definition) is 7. The lowest BCUT2D eigenvalue weighted by atomic mass is 9.81. The Morgan fingerprint density at radius 2 is 1.62 bits per heavy atom. The number of benzene rings is 1. The fourth-order valence-electron chi connectivity index (χ4n) is 8.60. The number of carbonyl (C=O) groups excluding carboxylic acids is 4. The van der Waals surface area contributed by atoms with Crippen molar-refractivity contribution < 1.29 is 24.3 Å². The number of rotatable bonds is 19. The van der Waals surface area contributed by atoms with Crippen molar-refractivity contribution in [2.45, 2.75) is 122 Å². The number of piperazine rings is 2. The molecule has 1 aromatic carbocycles. The first-order valence-corrected chi connectivity index (χ1v) is 21.4. The molecule has 2 saturated heterocycles. The smallest absolute Gasteiger partial charge is 0.320 e. The van der Waals surface area contributed by atoms with Gasteiger partial charge in [0.2, 0.25) is 17.7 Å². The summed E-state index contributed by atoms with van der Waals surface area (Å²) in [7, 11) is 6.08. The number of aliphatic hydroxyl groups is 1. The van der Waals surface area contributed by atoms with E-state index in [0.29, 0.717) is 51.4 Å². The highest BCUT2D eigenvalue weighted by atomic mass is 16.3. The standard InChI is InChI=1S/C43H73N7O5/c1-7-8-20-37(49-27-28-50(43(55)48-25-23-47(6)24-26-48)38(42(49)54)30-34-18-13-10-14-19-34)41(53)45-36(29-33-16-11-9-12-17-33)39(51)31-35(32(2)3)40(52)44-21-15-22-46(4)5/h10,13-14,18-19,32-33,35-39,51H,7-9,11-12,15-17,20-31H2,1-6H3,(H,44,52)(H,45,53)/t35-,36-,37-,38-,39-/m0/s1. The maximum Gasteiger partial charge on any atom is 0.320 e. The van der Waals surface area contributed by atoms with Crippen LogP contribution in [-0.2, 0) is 20.8 Å². The summed E-state index contributed by atoms with van der Waals surface area (Å²) >= 11 is 0. The molecular formula is C43H73N7O5. The van der Waals surface area contributed by atoms with Gasteiger partial charge in [-0.3, -0.25) is 14.4 Å². The number of likely N-dealkylation sites (N-methyl/N-ethyl adjacent to an activating group) is 1. The SMILES string of the molecule is CCCC[C@@H](C(=O)N[C@@H](CC1CCCCC1)[C@@H](O)C[C@H](C(=O)NCCCN(C)C)C(C)C)N1CCN(C(=O)N2CCN(C)CC2)[C@@H](Cc2ccccc2)C1=O. The van der Waals surface area contributed by atoms with Crippen LogP contribution in [0.3, 0.4) is 0 Å². The number of nitrogens with zero attached hydrogens (tertiary/aromatic N) is 5. The van der Waals surface area contributed by atoms with E-state index in [2.05, 4.69) is 34.4 Å². The summed E-state index contributed by atoms with van der Waals surface area (Å²) in [4.78, 5) is 66.3. The van der Waals surface area contributed by atoms with Crippen LogP contribution in [0.1, 0.15) is 97.0 Å². The molecule has 12 heteroatoms. The molecule has 310 valence electrons. The van der Waals surface area contributed by atoms with Gasteiger partial charge in [0.25, 0.3) is 0 Å². The molecule has 0 bridgehead atoms. The minimum absolute atomic E-state index is 0.0101. The van der Waals surface area contributed by atoms with Crippen molar-refractivity contribution in [1.82, 2.24) is 35.1 Å². The predicted molar refractivity (Wildman–Crippen MR) is 218 cm³/mol. The minimum Gasteiger partial charge on any atom is -0.391 e. The molecule has 1 aliphatic carbocycles. The molecule has 5 atom stereocenters. The van der Waals surface area contributed by atoms with E-state index in [1.54, 1.807) is 9.80 Å². The van der Waals surface area contributed by atoms with Crippen LogP contribution in [0.4, 0.5) is 4.79 Å². The maximum absolute atomic E-state index is 14.7. The van der Waals surface area contributed by atoms with Crippen LogP contribution in [0.2, 0.25) is 0 Å². The monoisotopic (exact) mass is 768 g/mol. The third-order valence-electron chi connectivity index (χ3n) is 12.1. The van der Waals surface area contributed by atoms with Gasteiger partial charge in [-0.05, 0) is 70.8 Å². The lowest BCUT2D eigenvalue weighted by Crippen LogP contribution is -2.66. The Balaban J connectivity index is 1.55. The highest BCUT2D eigenvalue weighted by Crippen LogP contribution is 2.30. The van der Waals surface area contributed by atoms with Crippen molar-refractivity contribution in [3.05, 3.63) is 35.9 Å². The Morgan fingerprint density at radius 1 is 0.927 bits per heavy atom. The number of urea groups is 1. The van der Waals surface area contributed by atoms with Gasteiger partial charge < -0.3 is 40.2 Å². The molecule has 12 nitrogen and oxygen atoms in total. The molecule has 3 aliphatic rings. The summed E-state index contributed by atoms with van der Waals surface area (Å²) in [5.41, 5.74) is 0.963. The van der Waals surface area contributed by atoms with Crippen molar-refractivity contribution in [3.63, 3.8) is 0 Å². The molecule has 4 rings (SSSR count). The number of unbranched alkanes of at least 4 members (excludes halogenated alkanes) is 1. The van der Waals surface area contributed by atoms with Crippen molar-refractivity contribution in [1.29, 1.82) is 0 Å². The zero-order valence-electron chi connectivity index (χ0n) is 34.9. The summed E-state index contributed by atoms with van der Waals surface area (Å²) in [6.45, 7) is 11.0. The molecule has 0 unspecified atom stereocenters. The van der Waals surface area contributed by atoms with E-state index in [1.807, 2.05) is 63.2 Å². The summed E-state index contributed by atoms with van der Waals surface area (Å²) in [5.74, 6) is -0.535. The van der Waals surface area contributed by atoms with Gasteiger partial charge in [0.1, 0.15) is 12.1 Å². The third kappa shape index (κ3) is 13.5. The van der Waals surface area contributed by atoms with E-state index in [0.717, 1.165) is 70.1 Å².